The average Bonchev–Trinajstić information content (AvgIpc) is 2.44. The number of anilines is 1. The molecule has 0 radical (unpaired) electrons. The lowest BCUT2D eigenvalue weighted by Gasteiger charge is -2.28. The van der Waals surface area contributed by atoms with Crippen molar-refractivity contribution in [1.29, 1.82) is 0 Å². The first kappa shape index (κ1) is 15.3. The molecule has 0 saturated heterocycles. The number of fused-ring (bicyclic) bond motifs is 1. The summed E-state index contributed by atoms with van der Waals surface area (Å²) in [5, 5.41) is 5.27. The zero-order valence-corrected chi connectivity index (χ0v) is 14.7. The molecule has 21 heavy (non-hydrogen) atoms. The summed E-state index contributed by atoms with van der Waals surface area (Å²) in [7, 11) is 0. The lowest BCUT2D eigenvalue weighted by atomic mass is 10.00. The summed E-state index contributed by atoms with van der Waals surface area (Å²) >= 11 is 21.9. The Morgan fingerprint density at radius 1 is 1.14 bits per heavy atom. The second kappa shape index (κ2) is 6.25. The predicted molar refractivity (Wildman–Crippen MR) is 92.1 cm³/mol. The number of hydrogen-bond donors (Lipinski definition) is 1. The van der Waals surface area contributed by atoms with Gasteiger partial charge in [0.25, 0.3) is 0 Å². The van der Waals surface area contributed by atoms with Gasteiger partial charge in [0.1, 0.15) is 5.75 Å². The Hall–Kier alpha value is -0.610. The van der Waals surface area contributed by atoms with Crippen LogP contribution in [0.4, 0.5) is 5.69 Å². The van der Waals surface area contributed by atoms with Gasteiger partial charge in [0.2, 0.25) is 0 Å². The average molecular weight is 408 g/mol. The van der Waals surface area contributed by atoms with Gasteiger partial charge in [0.05, 0.1) is 32.9 Å². The number of benzene rings is 2. The van der Waals surface area contributed by atoms with Crippen molar-refractivity contribution in [1.82, 2.24) is 0 Å². The molecule has 1 unspecified atom stereocenters. The van der Waals surface area contributed by atoms with Crippen LogP contribution in [0.5, 0.6) is 5.75 Å². The van der Waals surface area contributed by atoms with Gasteiger partial charge in [-0.1, -0.05) is 40.9 Å². The molecule has 2 aromatic carbocycles. The van der Waals surface area contributed by atoms with Gasteiger partial charge >= 0.3 is 0 Å². The van der Waals surface area contributed by atoms with Gasteiger partial charge in [-0.25, -0.2) is 0 Å². The first-order valence-electron chi connectivity index (χ1n) is 6.38. The third-order valence-electron chi connectivity index (χ3n) is 3.35. The van der Waals surface area contributed by atoms with E-state index in [9.17, 15) is 0 Å². The van der Waals surface area contributed by atoms with Crippen LogP contribution in [0.3, 0.4) is 0 Å². The molecular weight excluding hydrogens is 396 g/mol. The fraction of sp³-hybridized carbons (Fsp3) is 0.200. The molecule has 6 heteroatoms. The van der Waals surface area contributed by atoms with Gasteiger partial charge in [-0.05, 0) is 40.2 Å². The Morgan fingerprint density at radius 3 is 2.76 bits per heavy atom. The van der Waals surface area contributed by atoms with E-state index < -0.39 is 0 Å². The van der Waals surface area contributed by atoms with E-state index in [4.69, 9.17) is 39.5 Å². The van der Waals surface area contributed by atoms with E-state index in [1.54, 1.807) is 6.07 Å². The van der Waals surface area contributed by atoms with E-state index in [1.807, 2.05) is 24.3 Å². The largest absolute Gasteiger partial charge is 0.492 e. The summed E-state index contributed by atoms with van der Waals surface area (Å²) in [6.07, 6.45) is 0.822. The zero-order valence-electron chi connectivity index (χ0n) is 10.8. The quantitative estimate of drug-likeness (QED) is 0.627. The van der Waals surface area contributed by atoms with E-state index in [2.05, 4.69) is 21.2 Å². The standard InChI is InChI=1S/C15H11BrCl3NO/c16-14-10(18)2-1-3-13(14)20-12-4-5-21-15-9(12)6-8(17)7-11(15)19/h1-3,6-7,12,20H,4-5H2. The topological polar surface area (TPSA) is 21.3 Å². The summed E-state index contributed by atoms with van der Waals surface area (Å²) in [5.41, 5.74) is 1.89. The summed E-state index contributed by atoms with van der Waals surface area (Å²) in [6, 6.07) is 9.36. The maximum absolute atomic E-state index is 6.20. The molecule has 1 heterocycles. The molecule has 2 aromatic rings. The fourth-order valence-electron chi connectivity index (χ4n) is 2.38. The van der Waals surface area contributed by atoms with Crippen LogP contribution < -0.4 is 10.1 Å². The SMILES string of the molecule is Clc1cc(Cl)c2c(c1)C(Nc1cccc(Cl)c1Br)CCO2. The monoisotopic (exact) mass is 405 g/mol. The Bertz CT molecular complexity index is 693. The molecule has 110 valence electrons. The van der Waals surface area contributed by atoms with Crippen molar-refractivity contribution < 1.29 is 4.74 Å². The van der Waals surface area contributed by atoms with Crippen LogP contribution in [0, 0.1) is 0 Å². The summed E-state index contributed by atoms with van der Waals surface area (Å²) < 4.78 is 6.50. The maximum atomic E-state index is 6.20. The minimum atomic E-state index is 0.0692. The normalized spacial score (nSPS) is 17.0. The lowest BCUT2D eigenvalue weighted by molar-refractivity contribution is 0.274. The van der Waals surface area contributed by atoms with E-state index in [1.165, 1.54) is 0 Å². The van der Waals surface area contributed by atoms with Gasteiger partial charge in [-0.2, -0.15) is 0 Å². The highest BCUT2D eigenvalue weighted by atomic mass is 79.9. The molecule has 3 rings (SSSR count). The van der Waals surface area contributed by atoms with Crippen molar-refractivity contribution in [3.05, 3.63) is 55.4 Å². The number of rotatable bonds is 2. The van der Waals surface area contributed by atoms with Gasteiger partial charge in [-0.15, -0.1) is 0 Å². The third kappa shape index (κ3) is 3.11. The second-order valence-electron chi connectivity index (χ2n) is 4.74. The first-order valence-corrected chi connectivity index (χ1v) is 8.31. The molecule has 0 saturated carbocycles. The molecule has 1 atom stereocenters. The van der Waals surface area contributed by atoms with E-state index >= 15 is 0 Å². The van der Waals surface area contributed by atoms with Crippen LogP contribution in [-0.2, 0) is 0 Å². The zero-order chi connectivity index (χ0) is 15.0. The first-order chi connectivity index (χ1) is 10.1. The molecule has 0 aromatic heterocycles. The molecule has 1 aliphatic rings. The van der Waals surface area contributed by atoms with Crippen molar-refractivity contribution >= 4 is 56.4 Å². The van der Waals surface area contributed by atoms with Crippen LogP contribution in [0.1, 0.15) is 18.0 Å². The van der Waals surface area contributed by atoms with E-state index in [0.29, 0.717) is 27.4 Å². The minimum Gasteiger partial charge on any atom is -0.492 e. The summed E-state index contributed by atoms with van der Waals surface area (Å²) in [6.45, 7) is 0.601. The Morgan fingerprint density at radius 2 is 1.95 bits per heavy atom. The third-order valence-corrected chi connectivity index (χ3v) is 5.24. The number of hydrogen-bond acceptors (Lipinski definition) is 2. The highest BCUT2D eigenvalue weighted by molar-refractivity contribution is 9.10. The highest BCUT2D eigenvalue weighted by Gasteiger charge is 2.25. The lowest BCUT2D eigenvalue weighted by Crippen LogP contribution is -2.20. The number of halogens is 4. The minimum absolute atomic E-state index is 0.0692. The number of ether oxygens (including phenoxy) is 1. The fourth-order valence-corrected chi connectivity index (χ4v) is 3.50. The molecule has 0 bridgehead atoms. The Labute approximate surface area is 146 Å². The molecular formula is C15H11BrCl3NO. The van der Waals surface area contributed by atoms with Gasteiger partial charge in [0.15, 0.2) is 0 Å². The van der Waals surface area contributed by atoms with Crippen LogP contribution >= 0.6 is 50.7 Å². The van der Waals surface area contributed by atoms with Crippen molar-refractivity contribution in [3.63, 3.8) is 0 Å². The maximum Gasteiger partial charge on any atom is 0.143 e. The highest BCUT2D eigenvalue weighted by Crippen LogP contribution is 2.42. The summed E-state index contributed by atoms with van der Waals surface area (Å²) in [5.74, 6) is 0.697. The molecule has 0 fully saturated rings. The van der Waals surface area contributed by atoms with Crippen molar-refractivity contribution in [2.24, 2.45) is 0 Å². The van der Waals surface area contributed by atoms with Gasteiger partial charge < -0.3 is 10.1 Å². The Kier molecular flexibility index (Phi) is 4.55. The summed E-state index contributed by atoms with van der Waals surface area (Å²) in [4.78, 5) is 0. The van der Waals surface area contributed by atoms with Crippen molar-refractivity contribution in [2.75, 3.05) is 11.9 Å². The molecule has 1 N–H and O–H groups in total. The molecule has 0 aliphatic carbocycles. The van der Waals surface area contributed by atoms with Crippen LogP contribution in [0.2, 0.25) is 15.1 Å². The molecule has 0 spiro atoms. The van der Waals surface area contributed by atoms with Crippen LogP contribution in [0.25, 0.3) is 0 Å². The van der Waals surface area contributed by atoms with Crippen LogP contribution in [0.15, 0.2) is 34.8 Å². The van der Waals surface area contributed by atoms with E-state index in [-0.39, 0.29) is 6.04 Å². The molecule has 2 nitrogen and oxygen atoms in total. The van der Waals surface area contributed by atoms with Crippen molar-refractivity contribution in [3.8, 4) is 5.75 Å². The van der Waals surface area contributed by atoms with E-state index in [0.717, 1.165) is 22.1 Å². The van der Waals surface area contributed by atoms with Crippen LogP contribution in [-0.4, -0.2) is 6.61 Å². The Balaban J connectivity index is 1.97. The molecule has 0 amide bonds. The van der Waals surface area contributed by atoms with Gasteiger partial charge in [0, 0.05) is 17.0 Å². The molecule has 1 aliphatic heterocycles. The predicted octanol–water partition coefficient (Wildman–Crippen LogP) is 6.35. The van der Waals surface area contributed by atoms with Gasteiger partial charge in [-0.3, -0.25) is 0 Å². The van der Waals surface area contributed by atoms with Crippen molar-refractivity contribution in [2.45, 2.75) is 12.5 Å². The second-order valence-corrected chi connectivity index (χ2v) is 6.79. The smallest absolute Gasteiger partial charge is 0.143 e. The number of nitrogens with one attached hydrogen (secondary N) is 1.